The molecule has 1 heterocycles. The van der Waals surface area contributed by atoms with Crippen molar-refractivity contribution >= 4 is 16.3 Å². The lowest BCUT2D eigenvalue weighted by molar-refractivity contribution is -0.823. The Morgan fingerprint density at radius 3 is 2.62 bits per heavy atom. The Balaban J connectivity index is 2.84. The Kier molecular flexibility index (Phi) is 1.62. The first-order valence-electron chi connectivity index (χ1n) is 2.37. The van der Waals surface area contributed by atoms with Crippen LogP contribution >= 0.6 is 11.3 Å². The van der Waals surface area contributed by atoms with Gasteiger partial charge in [-0.05, 0) is 13.0 Å². The smallest absolute Gasteiger partial charge is 0.214 e. The van der Waals surface area contributed by atoms with Crippen LogP contribution in [0.15, 0.2) is 12.1 Å². The first kappa shape index (κ1) is 5.75. The second-order valence-corrected chi connectivity index (χ2v) is 2.90. The maximum atomic E-state index is 8.44. The molecule has 0 aliphatic carbocycles. The highest BCUT2D eigenvalue weighted by Gasteiger charge is 1.94. The summed E-state index contributed by atoms with van der Waals surface area (Å²) in [5.41, 5.74) is 1.12. The minimum atomic E-state index is 0.919. The van der Waals surface area contributed by atoms with Crippen molar-refractivity contribution in [3.05, 3.63) is 17.0 Å². The molecule has 0 atom stereocenters. The highest BCUT2D eigenvalue weighted by molar-refractivity contribution is 7.15. The largest absolute Gasteiger partial charge is 0.217 e. The number of aryl methyl sites for hydroxylation is 1. The third-order valence-electron chi connectivity index (χ3n) is 0.888. The molecule has 0 fully saturated rings. The van der Waals surface area contributed by atoms with Crippen LogP contribution in [0.1, 0.15) is 4.88 Å². The second-order valence-electron chi connectivity index (χ2n) is 1.58. The quantitative estimate of drug-likeness (QED) is 0.538. The Bertz CT molecular complexity index is 173. The molecule has 2 nitrogen and oxygen atoms in total. The van der Waals surface area contributed by atoms with E-state index in [-0.39, 0.29) is 0 Å². The summed E-state index contributed by atoms with van der Waals surface area (Å²) < 4.78 is 0. The number of quaternary nitrogens is 1. The van der Waals surface area contributed by atoms with Gasteiger partial charge in [-0.25, -0.2) is 5.21 Å². The van der Waals surface area contributed by atoms with Crippen molar-refractivity contribution in [1.29, 1.82) is 0 Å². The third-order valence-corrected chi connectivity index (χ3v) is 1.82. The van der Waals surface area contributed by atoms with Gasteiger partial charge in [-0.3, -0.25) is 0 Å². The summed E-state index contributed by atoms with van der Waals surface area (Å²) in [5.74, 6) is 0. The van der Waals surface area contributed by atoms with E-state index in [4.69, 9.17) is 5.21 Å². The van der Waals surface area contributed by atoms with Gasteiger partial charge in [-0.2, -0.15) is 5.48 Å². The van der Waals surface area contributed by atoms with Crippen molar-refractivity contribution in [2.75, 3.05) is 0 Å². The van der Waals surface area contributed by atoms with Crippen LogP contribution < -0.4 is 5.48 Å². The number of hydrogen-bond acceptors (Lipinski definition) is 2. The summed E-state index contributed by atoms with van der Waals surface area (Å²) in [7, 11) is 0. The minimum Gasteiger partial charge on any atom is -0.214 e. The van der Waals surface area contributed by atoms with Gasteiger partial charge in [0.25, 0.3) is 0 Å². The zero-order valence-corrected chi connectivity index (χ0v) is 5.40. The van der Waals surface area contributed by atoms with Gasteiger partial charge >= 0.3 is 0 Å². The van der Waals surface area contributed by atoms with Crippen LogP contribution in [-0.2, 0) is 0 Å². The average Bonchev–Trinajstić information content (AvgIpc) is 2.14. The molecule has 1 aromatic rings. The normalized spacial score (nSPS) is 9.75. The molecule has 0 unspecified atom stereocenters. The van der Waals surface area contributed by atoms with Crippen molar-refractivity contribution in [2.24, 2.45) is 0 Å². The lowest BCUT2D eigenvalue weighted by Crippen LogP contribution is -2.73. The van der Waals surface area contributed by atoms with E-state index in [2.05, 4.69) is 0 Å². The number of hydrogen-bond donors (Lipinski definition) is 2. The molecule has 0 amide bonds. The van der Waals surface area contributed by atoms with Crippen LogP contribution in [-0.4, -0.2) is 5.21 Å². The van der Waals surface area contributed by atoms with Crippen LogP contribution in [0.4, 0.5) is 5.00 Å². The monoisotopic (exact) mass is 130 g/mol. The standard InChI is InChI=1S/C5H7NOS/c1-4-2-3-5(6-7)8-4/h2-3,6-7H,1H3/p+1. The van der Waals surface area contributed by atoms with Crippen LogP contribution in [0.5, 0.6) is 0 Å². The molecule has 0 radical (unpaired) electrons. The van der Waals surface area contributed by atoms with Gasteiger partial charge in [-0.15, -0.1) is 0 Å². The zero-order valence-electron chi connectivity index (χ0n) is 4.59. The van der Waals surface area contributed by atoms with E-state index in [1.807, 2.05) is 19.1 Å². The van der Waals surface area contributed by atoms with Gasteiger partial charge in [0.15, 0.2) is 0 Å². The maximum absolute atomic E-state index is 8.44. The summed E-state index contributed by atoms with van der Waals surface area (Å²) in [6.45, 7) is 2.01. The van der Waals surface area contributed by atoms with Gasteiger partial charge < -0.3 is 0 Å². The topological polar surface area (TPSA) is 36.8 Å². The highest BCUT2D eigenvalue weighted by atomic mass is 32.1. The number of rotatable bonds is 1. The number of nitrogens with two attached hydrogens (primary N) is 1. The Morgan fingerprint density at radius 2 is 2.38 bits per heavy atom. The summed E-state index contributed by atoms with van der Waals surface area (Å²) in [5, 5.41) is 9.36. The fourth-order valence-electron chi connectivity index (χ4n) is 0.523. The van der Waals surface area contributed by atoms with Crippen LogP contribution in [0.25, 0.3) is 0 Å². The fraction of sp³-hybridized carbons (Fsp3) is 0.200. The molecular weight excluding hydrogens is 122 g/mol. The van der Waals surface area contributed by atoms with Gasteiger partial charge in [-0.1, -0.05) is 11.3 Å². The molecule has 0 aliphatic rings. The van der Waals surface area contributed by atoms with E-state index in [0.717, 1.165) is 10.5 Å². The van der Waals surface area contributed by atoms with E-state index >= 15 is 0 Å². The predicted octanol–water partition coefficient (Wildman–Crippen LogP) is 0.641. The van der Waals surface area contributed by atoms with Crippen molar-refractivity contribution in [3.63, 3.8) is 0 Å². The molecule has 0 saturated carbocycles. The van der Waals surface area contributed by atoms with Gasteiger partial charge in [0, 0.05) is 10.9 Å². The van der Waals surface area contributed by atoms with Crippen LogP contribution in [0, 0.1) is 6.92 Å². The van der Waals surface area contributed by atoms with Crippen molar-refractivity contribution in [2.45, 2.75) is 6.92 Å². The van der Waals surface area contributed by atoms with E-state index in [9.17, 15) is 0 Å². The first-order chi connectivity index (χ1) is 3.83. The second kappa shape index (κ2) is 2.26. The molecule has 44 valence electrons. The Hall–Kier alpha value is -0.380. The fourth-order valence-corrected chi connectivity index (χ4v) is 1.22. The third kappa shape index (κ3) is 1.06. The Labute approximate surface area is 51.7 Å². The SMILES string of the molecule is Cc1ccc([NH2+]O)s1. The molecule has 0 aliphatic heterocycles. The lowest BCUT2D eigenvalue weighted by Gasteiger charge is -1.77. The van der Waals surface area contributed by atoms with Crippen molar-refractivity contribution in [1.82, 2.24) is 0 Å². The molecule has 0 saturated heterocycles. The van der Waals surface area contributed by atoms with Gasteiger partial charge in [0.1, 0.15) is 0 Å². The van der Waals surface area contributed by atoms with E-state index < -0.39 is 0 Å². The van der Waals surface area contributed by atoms with Crippen molar-refractivity contribution in [3.8, 4) is 0 Å². The lowest BCUT2D eigenvalue weighted by atomic mass is 10.5. The molecule has 8 heavy (non-hydrogen) atoms. The molecule has 0 aromatic carbocycles. The molecule has 0 spiro atoms. The molecule has 1 rings (SSSR count). The predicted molar refractivity (Wildman–Crippen MR) is 32.4 cm³/mol. The molecule has 3 heteroatoms. The summed E-state index contributed by atoms with van der Waals surface area (Å²) in [6.07, 6.45) is 0. The highest BCUT2D eigenvalue weighted by Crippen LogP contribution is 2.14. The van der Waals surface area contributed by atoms with E-state index in [0.29, 0.717) is 0 Å². The summed E-state index contributed by atoms with van der Waals surface area (Å²) in [6, 6.07) is 3.87. The minimum absolute atomic E-state index is 0.919. The van der Waals surface area contributed by atoms with Gasteiger partial charge in [0.2, 0.25) is 5.00 Å². The first-order valence-corrected chi connectivity index (χ1v) is 3.18. The van der Waals surface area contributed by atoms with E-state index in [1.54, 1.807) is 11.3 Å². The molecule has 1 aromatic heterocycles. The summed E-state index contributed by atoms with van der Waals surface area (Å²) in [4.78, 5) is 1.23. The summed E-state index contributed by atoms with van der Waals surface area (Å²) >= 11 is 1.58. The average molecular weight is 130 g/mol. The van der Waals surface area contributed by atoms with Crippen molar-refractivity contribution < 1.29 is 10.7 Å². The number of thiophene rings is 1. The van der Waals surface area contributed by atoms with E-state index in [1.165, 1.54) is 4.88 Å². The maximum Gasteiger partial charge on any atom is 0.217 e. The zero-order chi connectivity index (χ0) is 5.98. The van der Waals surface area contributed by atoms with Crippen LogP contribution in [0.2, 0.25) is 0 Å². The molecular formula is C5H8NOS+. The van der Waals surface area contributed by atoms with Crippen LogP contribution in [0.3, 0.4) is 0 Å². The molecule has 0 bridgehead atoms. The molecule has 3 N–H and O–H groups in total. The Morgan fingerprint density at radius 1 is 1.62 bits per heavy atom. The van der Waals surface area contributed by atoms with Gasteiger partial charge in [0.05, 0.1) is 0 Å².